The van der Waals surface area contributed by atoms with Gasteiger partial charge in [-0.05, 0) is 24.3 Å². The predicted molar refractivity (Wildman–Crippen MR) is 86.8 cm³/mol. The van der Waals surface area contributed by atoms with Crippen LogP contribution in [0, 0.1) is 0 Å². The summed E-state index contributed by atoms with van der Waals surface area (Å²) in [5, 5.41) is 2.82. The molecule has 0 aliphatic carbocycles. The first-order valence-electron chi connectivity index (χ1n) is 5.97. The maximum Gasteiger partial charge on any atom is 0.238 e. The highest BCUT2D eigenvalue weighted by Crippen LogP contribution is 2.14. The van der Waals surface area contributed by atoms with Crippen molar-refractivity contribution >= 4 is 47.2 Å². The molecule has 20 heavy (non-hydrogen) atoms. The number of carbonyl (C=O) groups excluding carboxylic acids is 1. The molecule has 4 nitrogen and oxygen atoms in total. The van der Waals surface area contributed by atoms with E-state index in [4.69, 9.17) is 27.9 Å². The smallest absolute Gasteiger partial charge is 0.238 e. The zero-order valence-electron chi connectivity index (χ0n) is 11.3. The predicted octanol–water partition coefficient (Wildman–Crippen LogP) is 2.84. The third kappa shape index (κ3) is 7.20. The van der Waals surface area contributed by atoms with E-state index in [9.17, 15) is 4.79 Å². The Bertz CT molecular complexity index is 382. The van der Waals surface area contributed by atoms with Crippen molar-refractivity contribution in [2.75, 3.05) is 43.8 Å². The van der Waals surface area contributed by atoms with Crippen molar-refractivity contribution in [2.24, 2.45) is 0 Å². The largest absolute Gasteiger partial charge is 0.497 e. The van der Waals surface area contributed by atoms with Crippen molar-refractivity contribution in [1.82, 2.24) is 4.90 Å². The number of ether oxygens (including phenoxy) is 1. The Hall–Kier alpha value is -0.680. The number of benzene rings is 1. The number of methoxy groups -OCH3 is 1. The summed E-state index contributed by atoms with van der Waals surface area (Å²) in [6.45, 7) is 1.57. The van der Waals surface area contributed by atoms with Crippen LogP contribution in [0.1, 0.15) is 0 Å². The fraction of sp³-hybridized carbons (Fsp3) is 0.462. The van der Waals surface area contributed by atoms with Gasteiger partial charge in [0.25, 0.3) is 0 Å². The number of rotatable bonds is 8. The van der Waals surface area contributed by atoms with Crippen LogP contribution in [0.3, 0.4) is 0 Å². The molecule has 1 amide bonds. The van der Waals surface area contributed by atoms with Crippen LogP contribution < -0.4 is 10.1 Å². The molecule has 0 atom stereocenters. The quantitative estimate of drug-likeness (QED) is 0.739. The van der Waals surface area contributed by atoms with Gasteiger partial charge in [-0.1, -0.05) is 0 Å². The summed E-state index contributed by atoms with van der Waals surface area (Å²) in [6, 6.07) is 7.18. The van der Waals surface area contributed by atoms with Crippen LogP contribution >= 0.6 is 35.6 Å². The Labute approximate surface area is 135 Å². The second-order valence-electron chi connectivity index (χ2n) is 3.93. The lowest BCUT2D eigenvalue weighted by molar-refractivity contribution is -0.117. The monoisotopic (exact) mass is 340 g/mol. The van der Waals surface area contributed by atoms with E-state index in [1.807, 2.05) is 4.90 Å². The standard InChI is InChI=1S/C13H18Cl2N2O2.ClH/c1-19-12-4-2-11(3-5-12)16-13(18)10-17(8-6-14)9-7-15;/h2-5H,6-10H2,1H3,(H,16,18);1H. The van der Waals surface area contributed by atoms with E-state index in [2.05, 4.69) is 5.32 Å². The SMILES string of the molecule is COc1ccc(NC(=O)CN(CCCl)CCCl)cc1.Cl. The molecule has 1 N–H and O–H groups in total. The van der Waals surface area contributed by atoms with E-state index >= 15 is 0 Å². The molecule has 0 fully saturated rings. The van der Waals surface area contributed by atoms with Gasteiger partial charge in [0, 0.05) is 30.5 Å². The zero-order chi connectivity index (χ0) is 14.1. The van der Waals surface area contributed by atoms with Crippen molar-refractivity contribution in [3.05, 3.63) is 24.3 Å². The van der Waals surface area contributed by atoms with E-state index in [0.29, 0.717) is 24.8 Å². The van der Waals surface area contributed by atoms with Gasteiger partial charge < -0.3 is 10.1 Å². The number of halogens is 3. The fourth-order valence-corrected chi connectivity index (χ4v) is 2.07. The van der Waals surface area contributed by atoms with Crippen molar-refractivity contribution in [3.63, 3.8) is 0 Å². The molecular weight excluding hydrogens is 323 g/mol. The lowest BCUT2D eigenvalue weighted by Gasteiger charge is -2.19. The molecule has 114 valence electrons. The maximum absolute atomic E-state index is 11.9. The van der Waals surface area contributed by atoms with E-state index in [1.54, 1.807) is 31.4 Å². The van der Waals surface area contributed by atoms with Gasteiger partial charge in [0.05, 0.1) is 13.7 Å². The average molecular weight is 342 g/mol. The minimum Gasteiger partial charge on any atom is -0.497 e. The summed E-state index contributed by atoms with van der Waals surface area (Å²) in [5.74, 6) is 1.63. The Balaban J connectivity index is 0.00000361. The second-order valence-corrected chi connectivity index (χ2v) is 4.69. The van der Waals surface area contributed by atoms with Gasteiger partial charge in [0.15, 0.2) is 0 Å². The molecule has 0 aliphatic rings. The van der Waals surface area contributed by atoms with Gasteiger partial charge in [0.1, 0.15) is 5.75 Å². The number of anilines is 1. The number of carbonyl (C=O) groups is 1. The van der Waals surface area contributed by atoms with E-state index in [-0.39, 0.29) is 24.9 Å². The molecule has 0 heterocycles. The molecule has 0 saturated carbocycles. The number of hydrogen-bond donors (Lipinski definition) is 1. The topological polar surface area (TPSA) is 41.6 Å². The lowest BCUT2D eigenvalue weighted by atomic mass is 10.3. The molecule has 0 spiro atoms. The van der Waals surface area contributed by atoms with Crippen LogP contribution in [-0.4, -0.2) is 49.3 Å². The Morgan fingerprint density at radius 3 is 2.20 bits per heavy atom. The number of alkyl halides is 2. The molecule has 0 saturated heterocycles. The third-order valence-corrected chi connectivity index (χ3v) is 2.88. The van der Waals surface area contributed by atoms with Gasteiger partial charge in [0.2, 0.25) is 5.91 Å². The minimum atomic E-state index is -0.0830. The second kappa shape index (κ2) is 11.0. The van der Waals surface area contributed by atoms with Gasteiger partial charge in [-0.25, -0.2) is 0 Å². The van der Waals surface area contributed by atoms with Gasteiger partial charge in [-0.15, -0.1) is 35.6 Å². The van der Waals surface area contributed by atoms with Crippen molar-refractivity contribution < 1.29 is 9.53 Å². The first-order chi connectivity index (χ1) is 9.19. The number of hydrogen-bond acceptors (Lipinski definition) is 3. The number of amides is 1. The highest BCUT2D eigenvalue weighted by Gasteiger charge is 2.09. The number of nitrogens with one attached hydrogen (secondary N) is 1. The molecule has 0 unspecified atom stereocenters. The van der Waals surface area contributed by atoms with Crippen LogP contribution in [0.25, 0.3) is 0 Å². The molecular formula is C13H19Cl3N2O2. The minimum absolute atomic E-state index is 0. The number of nitrogens with zero attached hydrogens (tertiary/aromatic N) is 1. The fourth-order valence-electron chi connectivity index (χ4n) is 1.59. The van der Waals surface area contributed by atoms with E-state index in [1.165, 1.54) is 0 Å². The summed E-state index contributed by atoms with van der Waals surface area (Å²) < 4.78 is 5.05. The molecule has 0 bridgehead atoms. The summed E-state index contributed by atoms with van der Waals surface area (Å²) in [4.78, 5) is 13.8. The molecule has 1 aromatic carbocycles. The van der Waals surface area contributed by atoms with Gasteiger partial charge in [-0.3, -0.25) is 9.69 Å². The van der Waals surface area contributed by atoms with Crippen molar-refractivity contribution in [3.8, 4) is 5.75 Å². The molecule has 0 aromatic heterocycles. The summed E-state index contributed by atoms with van der Waals surface area (Å²) in [5.41, 5.74) is 0.738. The average Bonchev–Trinajstić information content (AvgIpc) is 2.40. The van der Waals surface area contributed by atoms with E-state index < -0.39 is 0 Å². The molecule has 7 heteroatoms. The summed E-state index contributed by atoms with van der Waals surface area (Å²) in [7, 11) is 1.60. The normalized spacial score (nSPS) is 10.0. The molecule has 0 aliphatic heterocycles. The highest BCUT2D eigenvalue weighted by molar-refractivity contribution is 6.18. The molecule has 0 radical (unpaired) electrons. The maximum atomic E-state index is 11.9. The van der Waals surface area contributed by atoms with Crippen LogP contribution in [-0.2, 0) is 4.79 Å². The zero-order valence-corrected chi connectivity index (χ0v) is 13.6. The highest BCUT2D eigenvalue weighted by atomic mass is 35.5. The first kappa shape index (κ1) is 19.3. The molecule has 1 aromatic rings. The summed E-state index contributed by atoms with van der Waals surface area (Å²) in [6.07, 6.45) is 0. The lowest BCUT2D eigenvalue weighted by Crippen LogP contribution is -2.35. The first-order valence-corrected chi connectivity index (χ1v) is 7.04. The van der Waals surface area contributed by atoms with Crippen LogP contribution in [0.2, 0.25) is 0 Å². The van der Waals surface area contributed by atoms with Crippen LogP contribution in [0.5, 0.6) is 5.75 Å². The molecule has 1 rings (SSSR count). The van der Waals surface area contributed by atoms with E-state index in [0.717, 1.165) is 11.4 Å². The van der Waals surface area contributed by atoms with Crippen LogP contribution in [0.4, 0.5) is 5.69 Å². The van der Waals surface area contributed by atoms with Crippen molar-refractivity contribution in [2.45, 2.75) is 0 Å². The van der Waals surface area contributed by atoms with Gasteiger partial charge in [-0.2, -0.15) is 0 Å². The summed E-state index contributed by atoms with van der Waals surface area (Å²) >= 11 is 11.4. The third-order valence-electron chi connectivity index (χ3n) is 2.54. The Kier molecular flexibility index (Phi) is 10.7. The van der Waals surface area contributed by atoms with Gasteiger partial charge >= 0.3 is 0 Å². The Morgan fingerprint density at radius 2 is 1.75 bits per heavy atom. The van der Waals surface area contributed by atoms with Crippen molar-refractivity contribution in [1.29, 1.82) is 0 Å². The van der Waals surface area contributed by atoms with Crippen LogP contribution in [0.15, 0.2) is 24.3 Å². The Morgan fingerprint density at radius 1 is 1.20 bits per heavy atom.